The summed E-state index contributed by atoms with van der Waals surface area (Å²) < 4.78 is 0. The zero-order valence-electron chi connectivity index (χ0n) is 7.88. The summed E-state index contributed by atoms with van der Waals surface area (Å²) in [5.41, 5.74) is 2.66. The van der Waals surface area contributed by atoms with Crippen molar-refractivity contribution in [1.29, 1.82) is 5.26 Å². The minimum Gasteiger partial charge on any atom is -0.293 e. The number of hydrogen-bond donors (Lipinski definition) is 1. The molecular formula is C9H11N5. The Morgan fingerprint density at radius 1 is 1.64 bits per heavy atom. The standard InChI is InChI=1S/C9H11N5/c1-8(7-10)14-13-6-3-9-11-4-2-5-12-9/h2,4-6,8,14H,3H2,1H3. The summed E-state index contributed by atoms with van der Waals surface area (Å²) in [6.45, 7) is 1.73. The van der Waals surface area contributed by atoms with Crippen LogP contribution in [0.5, 0.6) is 0 Å². The average molecular weight is 189 g/mol. The Morgan fingerprint density at radius 2 is 2.36 bits per heavy atom. The molecule has 0 saturated heterocycles. The minimum absolute atomic E-state index is 0.275. The van der Waals surface area contributed by atoms with Gasteiger partial charge in [-0.25, -0.2) is 9.97 Å². The van der Waals surface area contributed by atoms with E-state index >= 15 is 0 Å². The highest BCUT2D eigenvalue weighted by atomic mass is 15.3. The third-order valence-electron chi connectivity index (χ3n) is 1.45. The highest BCUT2D eigenvalue weighted by molar-refractivity contribution is 5.59. The molecule has 1 aromatic heterocycles. The van der Waals surface area contributed by atoms with E-state index < -0.39 is 0 Å². The van der Waals surface area contributed by atoms with E-state index in [2.05, 4.69) is 20.5 Å². The first-order chi connectivity index (χ1) is 6.83. The van der Waals surface area contributed by atoms with Crippen molar-refractivity contribution in [1.82, 2.24) is 15.4 Å². The predicted molar refractivity (Wildman–Crippen MR) is 52.4 cm³/mol. The van der Waals surface area contributed by atoms with Gasteiger partial charge in [-0.05, 0) is 13.0 Å². The minimum atomic E-state index is -0.275. The van der Waals surface area contributed by atoms with Crippen molar-refractivity contribution in [2.24, 2.45) is 5.10 Å². The molecule has 0 aliphatic carbocycles. The van der Waals surface area contributed by atoms with E-state index in [4.69, 9.17) is 5.26 Å². The van der Waals surface area contributed by atoms with Gasteiger partial charge >= 0.3 is 0 Å². The van der Waals surface area contributed by atoms with Crippen LogP contribution in [0.4, 0.5) is 0 Å². The van der Waals surface area contributed by atoms with E-state index in [-0.39, 0.29) is 6.04 Å². The molecule has 0 saturated carbocycles. The second-order valence-electron chi connectivity index (χ2n) is 2.66. The van der Waals surface area contributed by atoms with Crippen molar-refractivity contribution >= 4 is 6.21 Å². The molecule has 0 spiro atoms. The highest BCUT2D eigenvalue weighted by Crippen LogP contribution is 1.86. The first kappa shape index (κ1) is 10.1. The summed E-state index contributed by atoms with van der Waals surface area (Å²) in [6.07, 6.45) is 5.57. The van der Waals surface area contributed by atoms with Gasteiger partial charge in [0.15, 0.2) is 0 Å². The summed E-state index contributed by atoms with van der Waals surface area (Å²) in [6, 6.07) is 3.49. The van der Waals surface area contributed by atoms with E-state index in [9.17, 15) is 0 Å². The third-order valence-corrected chi connectivity index (χ3v) is 1.45. The van der Waals surface area contributed by atoms with Crippen LogP contribution < -0.4 is 5.43 Å². The fraction of sp³-hybridized carbons (Fsp3) is 0.333. The molecular weight excluding hydrogens is 178 g/mol. The van der Waals surface area contributed by atoms with Gasteiger partial charge in [-0.2, -0.15) is 10.4 Å². The van der Waals surface area contributed by atoms with Crippen molar-refractivity contribution in [3.05, 3.63) is 24.3 Å². The number of nitrogens with zero attached hydrogens (tertiary/aromatic N) is 4. The zero-order valence-corrected chi connectivity index (χ0v) is 7.88. The lowest BCUT2D eigenvalue weighted by Gasteiger charge is -1.98. The lowest BCUT2D eigenvalue weighted by molar-refractivity contribution is 0.683. The maximum atomic E-state index is 8.44. The molecule has 0 amide bonds. The van der Waals surface area contributed by atoms with Gasteiger partial charge in [0.2, 0.25) is 0 Å². The molecule has 1 unspecified atom stereocenters. The van der Waals surface area contributed by atoms with Gasteiger partial charge in [0.05, 0.1) is 6.07 Å². The fourth-order valence-electron chi connectivity index (χ4n) is 0.756. The molecule has 14 heavy (non-hydrogen) atoms. The van der Waals surface area contributed by atoms with Crippen molar-refractivity contribution in [2.75, 3.05) is 0 Å². The quantitative estimate of drug-likeness (QED) is 0.553. The van der Waals surface area contributed by atoms with Crippen LogP contribution in [-0.2, 0) is 6.42 Å². The van der Waals surface area contributed by atoms with Crippen LogP contribution in [0.25, 0.3) is 0 Å². The van der Waals surface area contributed by atoms with E-state index in [0.29, 0.717) is 12.2 Å². The number of aromatic nitrogens is 2. The van der Waals surface area contributed by atoms with Crippen molar-refractivity contribution in [3.8, 4) is 6.07 Å². The monoisotopic (exact) mass is 189 g/mol. The Labute approximate surface area is 82.5 Å². The summed E-state index contributed by atoms with van der Waals surface area (Å²) >= 11 is 0. The molecule has 1 heterocycles. The van der Waals surface area contributed by atoms with Gasteiger partial charge in [0.25, 0.3) is 0 Å². The SMILES string of the molecule is CC(C#N)NN=CCc1ncccn1. The molecule has 0 bridgehead atoms. The van der Waals surface area contributed by atoms with Gasteiger partial charge in [-0.15, -0.1) is 0 Å². The summed E-state index contributed by atoms with van der Waals surface area (Å²) in [5.74, 6) is 0.711. The van der Waals surface area contributed by atoms with E-state index in [1.54, 1.807) is 31.6 Å². The summed E-state index contributed by atoms with van der Waals surface area (Å²) in [5, 5.41) is 12.3. The molecule has 1 rings (SSSR count). The smallest absolute Gasteiger partial charge is 0.133 e. The zero-order chi connectivity index (χ0) is 10.2. The van der Waals surface area contributed by atoms with Crippen LogP contribution >= 0.6 is 0 Å². The predicted octanol–water partition coefficient (Wildman–Crippen LogP) is 0.507. The normalized spacial score (nSPS) is 12.3. The highest BCUT2D eigenvalue weighted by Gasteiger charge is 1.93. The number of hydrazone groups is 1. The summed E-state index contributed by atoms with van der Waals surface area (Å²) in [4.78, 5) is 8.04. The van der Waals surface area contributed by atoms with Gasteiger partial charge in [0, 0.05) is 25.0 Å². The fourth-order valence-corrected chi connectivity index (χ4v) is 0.756. The Balaban J connectivity index is 2.31. The topological polar surface area (TPSA) is 74.0 Å². The Hall–Kier alpha value is -1.96. The summed E-state index contributed by atoms with van der Waals surface area (Å²) in [7, 11) is 0. The van der Waals surface area contributed by atoms with E-state index in [0.717, 1.165) is 0 Å². The van der Waals surface area contributed by atoms with Crippen LogP contribution in [0.15, 0.2) is 23.6 Å². The molecule has 5 nitrogen and oxygen atoms in total. The maximum Gasteiger partial charge on any atom is 0.133 e. The van der Waals surface area contributed by atoms with Crippen molar-refractivity contribution < 1.29 is 0 Å². The first-order valence-electron chi connectivity index (χ1n) is 4.25. The van der Waals surface area contributed by atoms with Crippen LogP contribution in [0.2, 0.25) is 0 Å². The number of hydrogen-bond acceptors (Lipinski definition) is 5. The molecule has 0 aliphatic heterocycles. The van der Waals surface area contributed by atoms with Crippen molar-refractivity contribution in [2.45, 2.75) is 19.4 Å². The Kier molecular flexibility index (Phi) is 4.08. The second-order valence-corrected chi connectivity index (χ2v) is 2.66. The van der Waals surface area contributed by atoms with Crippen LogP contribution in [0.3, 0.4) is 0 Å². The molecule has 0 radical (unpaired) electrons. The van der Waals surface area contributed by atoms with E-state index in [1.807, 2.05) is 6.07 Å². The van der Waals surface area contributed by atoms with Crippen LogP contribution in [0.1, 0.15) is 12.7 Å². The van der Waals surface area contributed by atoms with Crippen molar-refractivity contribution in [3.63, 3.8) is 0 Å². The van der Waals surface area contributed by atoms with Crippen LogP contribution in [-0.4, -0.2) is 22.2 Å². The largest absolute Gasteiger partial charge is 0.293 e. The van der Waals surface area contributed by atoms with Gasteiger partial charge < -0.3 is 0 Å². The van der Waals surface area contributed by atoms with E-state index in [1.165, 1.54) is 0 Å². The van der Waals surface area contributed by atoms with Gasteiger partial charge in [0.1, 0.15) is 11.9 Å². The molecule has 5 heteroatoms. The molecule has 0 aromatic carbocycles. The maximum absolute atomic E-state index is 8.44. The number of nitriles is 1. The molecule has 1 aromatic rings. The molecule has 0 fully saturated rings. The molecule has 1 N–H and O–H groups in total. The van der Waals surface area contributed by atoms with Gasteiger partial charge in [-0.3, -0.25) is 5.43 Å². The Bertz CT molecular complexity index is 327. The second kappa shape index (κ2) is 5.65. The lowest BCUT2D eigenvalue weighted by atomic mass is 10.4. The lowest BCUT2D eigenvalue weighted by Crippen LogP contribution is -2.18. The number of nitrogens with one attached hydrogen (secondary N) is 1. The van der Waals surface area contributed by atoms with Crippen LogP contribution in [0, 0.1) is 11.3 Å². The molecule has 72 valence electrons. The van der Waals surface area contributed by atoms with Gasteiger partial charge in [-0.1, -0.05) is 0 Å². The molecule has 0 aliphatic rings. The average Bonchev–Trinajstić information content (AvgIpc) is 2.25. The molecule has 1 atom stereocenters. The first-order valence-corrected chi connectivity index (χ1v) is 4.25. The number of rotatable bonds is 4. The Morgan fingerprint density at radius 3 is 3.00 bits per heavy atom. The third kappa shape index (κ3) is 3.63.